The van der Waals surface area contributed by atoms with Crippen molar-refractivity contribution in [1.82, 2.24) is 10.6 Å². The van der Waals surface area contributed by atoms with Gasteiger partial charge in [0.1, 0.15) is 6.04 Å². The van der Waals surface area contributed by atoms with E-state index in [0.29, 0.717) is 0 Å². The van der Waals surface area contributed by atoms with E-state index in [9.17, 15) is 24.3 Å². The van der Waals surface area contributed by atoms with Gasteiger partial charge in [-0.15, -0.1) is 0 Å². The van der Waals surface area contributed by atoms with Crippen LogP contribution in [0.1, 0.15) is 33.6 Å². The van der Waals surface area contributed by atoms with E-state index in [1.165, 1.54) is 6.92 Å². The fraction of sp³-hybridized carbons (Fsp3) is 0.714. The predicted molar refractivity (Wildman–Crippen MR) is 84.4 cm³/mol. The summed E-state index contributed by atoms with van der Waals surface area (Å²) < 4.78 is 0. The second-order valence-electron chi connectivity index (χ2n) is 5.91. The van der Waals surface area contributed by atoms with Gasteiger partial charge in [0.15, 0.2) is 6.04 Å². The number of aliphatic hydroxyl groups is 1. The third-order valence-corrected chi connectivity index (χ3v) is 3.33. The van der Waals surface area contributed by atoms with Crippen LogP contribution in [0.15, 0.2) is 0 Å². The number of carbonyl (C=O) groups excluding carboxylic acids is 3. The second kappa shape index (κ2) is 9.83. The summed E-state index contributed by atoms with van der Waals surface area (Å²) >= 11 is 0. The lowest BCUT2D eigenvalue weighted by Crippen LogP contribution is -2.58. The summed E-state index contributed by atoms with van der Waals surface area (Å²) in [7, 11) is 0. The zero-order valence-corrected chi connectivity index (χ0v) is 14.0. The first-order valence-electron chi connectivity index (χ1n) is 7.52. The number of amides is 3. The van der Waals surface area contributed by atoms with Crippen LogP contribution in [0.4, 0.5) is 0 Å². The summed E-state index contributed by atoms with van der Waals surface area (Å²) in [5, 5.41) is 23.0. The van der Waals surface area contributed by atoms with Crippen LogP contribution < -0.4 is 22.1 Å². The number of hydrogen-bond acceptors (Lipinski definition) is 6. The molecule has 0 bridgehead atoms. The van der Waals surface area contributed by atoms with E-state index in [2.05, 4.69) is 10.6 Å². The molecule has 10 nitrogen and oxygen atoms in total. The van der Waals surface area contributed by atoms with Gasteiger partial charge < -0.3 is 32.3 Å². The van der Waals surface area contributed by atoms with Crippen molar-refractivity contribution in [3.05, 3.63) is 0 Å². The molecular formula is C14H26N4O6. The molecule has 0 saturated heterocycles. The lowest BCUT2D eigenvalue weighted by Gasteiger charge is -2.26. The third kappa shape index (κ3) is 7.38. The average molecular weight is 346 g/mol. The van der Waals surface area contributed by atoms with Gasteiger partial charge in [0.25, 0.3) is 0 Å². The van der Waals surface area contributed by atoms with Crippen molar-refractivity contribution in [3.63, 3.8) is 0 Å². The van der Waals surface area contributed by atoms with Crippen LogP contribution in [0.25, 0.3) is 0 Å². The second-order valence-corrected chi connectivity index (χ2v) is 5.91. The van der Waals surface area contributed by atoms with Gasteiger partial charge in [0.05, 0.1) is 12.1 Å². The molecule has 10 heteroatoms. The molecule has 0 heterocycles. The lowest BCUT2D eigenvalue weighted by molar-refractivity contribution is -0.145. The highest BCUT2D eigenvalue weighted by molar-refractivity contribution is 5.92. The first-order valence-corrected chi connectivity index (χ1v) is 7.52. The van der Waals surface area contributed by atoms with Gasteiger partial charge in [0, 0.05) is 6.42 Å². The van der Waals surface area contributed by atoms with Crippen molar-refractivity contribution in [2.45, 2.75) is 57.8 Å². The van der Waals surface area contributed by atoms with Crippen molar-refractivity contribution in [1.29, 1.82) is 0 Å². The average Bonchev–Trinajstić information content (AvgIpc) is 2.45. The molecule has 0 aliphatic heterocycles. The molecule has 0 aliphatic carbocycles. The summed E-state index contributed by atoms with van der Waals surface area (Å²) in [5.41, 5.74) is 10.6. The SMILES string of the molecule is CC(C)[C@H](NC(=O)[C@@H](N)CCC(N)=O)C(=O)N[C@H](C(=O)O)[C@@H](C)O. The van der Waals surface area contributed by atoms with Crippen molar-refractivity contribution >= 4 is 23.7 Å². The van der Waals surface area contributed by atoms with E-state index < -0.39 is 47.9 Å². The Morgan fingerprint density at radius 2 is 1.50 bits per heavy atom. The maximum atomic E-state index is 12.2. The summed E-state index contributed by atoms with van der Waals surface area (Å²) in [6.07, 6.45) is -1.36. The molecule has 138 valence electrons. The number of primary amides is 1. The van der Waals surface area contributed by atoms with Crippen LogP contribution in [-0.4, -0.2) is 58.1 Å². The van der Waals surface area contributed by atoms with Crippen LogP contribution in [0.3, 0.4) is 0 Å². The van der Waals surface area contributed by atoms with Crippen molar-refractivity contribution < 1.29 is 29.4 Å². The summed E-state index contributed by atoms with van der Waals surface area (Å²) in [6.45, 7) is 4.52. The minimum absolute atomic E-state index is 0.0268. The van der Waals surface area contributed by atoms with E-state index in [0.717, 1.165) is 0 Å². The zero-order chi connectivity index (χ0) is 19.0. The minimum Gasteiger partial charge on any atom is -0.480 e. The number of nitrogens with two attached hydrogens (primary N) is 2. The fourth-order valence-electron chi connectivity index (χ4n) is 1.86. The maximum absolute atomic E-state index is 12.2. The number of carboxylic acids is 1. The smallest absolute Gasteiger partial charge is 0.328 e. The minimum atomic E-state index is -1.50. The van der Waals surface area contributed by atoms with Gasteiger partial charge in [-0.05, 0) is 19.3 Å². The van der Waals surface area contributed by atoms with E-state index in [1.807, 2.05) is 0 Å². The number of rotatable bonds is 10. The number of aliphatic hydroxyl groups excluding tert-OH is 1. The van der Waals surface area contributed by atoms with Crippen molar-refractivity contribution in [3.8, 4) is 0 Å². The highest BCUT2D eigenvalue weighted by Gasteiger charge is 2.31. The molecule has 24 heavy (non-hydrogen) atoms. The highest BCUT2D eigenvalue weighted by Crippen LogP contribution is 2.05. The van der Waals surface area contributed by atoms with Gasteiger partial charge in [-0.25, -0.2) is 4.79 Å². The molecule has 0 spiro atoms. The van der Waals surface area contributed by atoms with Gasteiger partial charge >= 0.3 is 5.97 Å². The molecule has 3 amide bonds. The largest absolute Gasteiger partial charge is 0.480 e. The molecule has 0 saturated carbocycles. The van der Waals surface area contributed by atoms with Gasteiger partial charge in [-0.3, -0.25) is 14.4 Å². The van der Waals surface area contributed by atoms with Crippen LogP contribution in [0.2, 0.25) is 0 Å². The summed E-state index contributed by atoms with van der Waals surface area (Å²) in [6, 6.07) is -3.57. The molecule has 0 radical (unpaired) electrons. The molecule has 0 aromatic carbocycles. The highest BCUT2D eigenvalue weighted by atomic mass is 16.4. The normalized spacial score (nSPS) is 15.9. The topological polar surface area (TPSA) is 185 Å². The van der Waals surface area contributed by atoms with Crippen LogP contribution in [0.5, 0.6) is 0 Å². The molecular weight excluding hydrogens is 320 g/mol. The molecule has 0 aromatic rings. The molecule has 0 fully saturated rings. The van der Waals surface area contributed by atoms with E-state index >= 15 is 0 Å². The standard InChI is InChI=1S/C14H26N4O6/c1-6(2)10(13(22)18-11(7(3)19)14(23)24)17-12(21)8(15)4-5-9(16)20/h6-8,10-11,19H,4-5,15H2,1-3H3,(H2,16,20)(H,17,21)(H,18,22)(H,23,24)/t7-,8+,10+,11+/m1/s1. The fourth-order valence-corrected chi connectivity index (χ4v) is 1.86. The first kappa shape index (κ1) is 21.8. The Labute approximate surface area is 139 Å². The Balaban J connectivity index is 4.90. The maximum Gasteiger partial charge on any atom is 0.328 e. The molecule has 0 aromatic heterocycles. The predicted octanol–water partition coefficient (Wildman–Crippen LogP) is -2.33. The first-order chi connectivity index (χ1) is 11.0. The van der Waals surface area contributed by atoms with Gasteiger partial charge in [0.2, 0.25) is 17.7 Å². The van der Waals surface area contributed by atoms with Crippen LogP contribution >= 0.6 is 0 Å². The third-order valence-electron chi connectivity index (χ3n) is 3.33. The monoisotopic (exact) mass is 346 g/mol. The Morgan fingerprint density at radius 1 is 1.00 bits per heavy atom. The molecule has 0 aliphatic rings. The Kier molecular flexibility index (Phi) is 8.93. The van der Waals surface area contributed by atoms with E-state index in [4.69, 9.17) is 16.6 Å². The van der Waals surface area contributed by atoms with E-state index in [-0.39, 0.29) is 18.8 Å². The summed E-state index contributed by atoms with van der Waals surface area (Å²) in [4.78, 5) is 45.9. The van der Waals surface area contributed by atoms with E-state index in [1.54, 1.807) is 13.8 Å². The number of carboxylic acid groups (broad SMARTS) is 1. The Morgan fingerprint density at radius 3 is 1.88 bits per heavy atom. The van der Waals surface area contributed by atoms with Gasteiger partial charge in [-0.1, -0.05) is 13.8 Å². The quantitative estimate of drug-likeness (QED) is 0.256. The summed E-state index contributed by atoms with van der Waals surface area (Å²) in [5.74, 6) is -3.77. The molecule has 0 rings (SSSR count). The van der Waals surface area contributed by atoms with Gasteiger partial charge in [-0.2, -0.15) is 0 Å². The van der Waals surface area contributed by atoms with Crippen LogP contribution in [-0.2, 0) is 19.2 Å². The van der Waals surface area contributed by atoms with Crippen LogP contribution in [0, 0.1) is 5.92 Å². The number of aliphatic carboxylic acids is 1. The lowest BCUT2D eigenvalue weighted by atomic mass is 10.0. The molecule has 4 atom stereocenters. The zero-order valence-electron chi connectivity index (χ0n) is 14.0. The van der Waals surface area contributed by atoms with Crippen molar-refractivity contribution in [2.75, 3.05) is 0 Å². The number of carbonyl (C=O) groups is 4. The Hall–Kier alpha value is -2.20. The molecule has 0 unspecified atom stereocenters. The number of nitrogens with one attached hydrogen (secondary N) is 2. The number of hydrogen-bond donors (Lipinski definition) is 6. The Bertz CT molecular complexity index is 480. The van der Waals surface area contributed by atoms with Crippen molar-refractivity contribution in [2.24, 2.45) is 17.4 Å². The molecule has 8 N–H and O–H groups in total.